The molecule has 0 heterocycles. The maximum absolute atomic E-state index is 11.9. The van der Waals surface area contributed by atoms with Gasteiger partial charge in [0.05, 0.1) is 22.8 Å². The van der Waals surface area contributed by atoms with Crippen LogP contribution in [-0.2, 0) is 4.79 Å². The van der Waals surface area contributed by atoms with Gasteiger partial charge in [-0.3, -0.25) is 14.9 Å². The Hall–Kier alpha value is -1.99. The zero-order valence-corrected chi connectivity index (χ0v) is 12.5. The first-order chi connectivity index (χ1) is 9.86. The van der Waals surface area contributed by atoms with E-state index in [9.17, 15) is 14.9 Å². The van der Waals surface area contributed by atoms with Gasteiger partial charge in [-0.05, 0) is 27.0 Å². The number of aliphatic hydroxyl groups excluding tert-OH is 1. The fourth-order valence-electron chi connectivity index (χ4n) is 1.81. The summed E-state index contributed by atoms with van der Waals surface area (Å²) < 4.78 is 0. The van der Waals surface area contributed by atoms with E-state index >= 15 is 0 Å². The van der Waals surface area contributed by atoms with Crippen LogP contribution >= 0.6 is 0 Å². The SMILES string of the molecule is Cc1c(NC(=O)CCN(C)C(C)CO)cccc1[N+](=O)[O-]. The highest BCUT2D eigenvalue weighted by Crippen LogP contribution is 2.25. The first-order valence-electron chi connectivity index (χ1n) is 6.71. The number of carbonyl (C=O) groups is 1. The number of nitrogens with one attached hydrogen (secondary N) is 1. The van der Waals surface area contributed by atoms with Gasteiger partial charge in [0.1, 0.15) is 0 Å². The fourth-order valence-corrected chi connectivity index (χ4v) is 1.81. The van der Waals surface area contributed by atoms with E-state index in [1.54, 1.807) is 19.1 Å². The van der Waals surface area contributed by atoms with Crippen LogP contribution in [0.2, 0.25) is 0 Å². The van der Waals surface area contributed by atoms with Crippen LogP contribution in [0.4, 0.5) is 11.4 Å². The minimum absolute atomic E-state index is 0.0150. The molecule has 116 valence electrons. The number of benzene rings is 1. The lowest BCUT2D eigenvalue weighted by Gasteiger charge is -2.22. The number of hydrogen-bond acceptors (Lipinski definition) is 5. The van der Waals surface area contributed by atoms with E-state index in [-0.39, 0.29) is 30.7 Å². The predicted octanol–water partition coefficient (Wildman–Crippen LogP) is 1.54. The molecule has 1 aromatic rings. The molecule has 1 aromatic carbocycles. The minimum Gasteiger partial charge on any atom is -0.395 e. The van der Waals surface area contributed by atoms with Crippen LogP contribution in [0.15, 0.2) is 18.2 Å². The first kappa shape index (κ1) is 17.1. The summed E-state index contributed by atoms with van der Waals surface area (Å²) >= 11 is 0. The van der Waals surface area contributed by atoms with Gasteiger partial charge in [0.15, 0.2) is 0 Å². The smallest absolute Gasteiger partial charge is 0.274 e. The van der Waals surface area contributed by atoms with Crippen molar-refractivity contribution in [1.82, 2.24) is 4.90 Å². The van der Waals surface area contributed by atoms with Crippen LogP contribution in [0, 0.1) is 17.0 Å². The molecule has 7 nitrogen and oxygen atoms in total. The van der Waals surface area contributed by atoms with Crippen molar-refractivity contribution in [2.75, 3.05) is 25.5 Å². The molecule has 1 rings (SSSR count). The number of nitro benzene ring substituents is 1. The molecular formula is C14H21N3O4. The lowest BCUT2D eigenvalue weighted by molar-refractivity contribution is -0.385. The van der Waals surface area contributed by atoms with E-state index in [4.69, 9.17) is 5.11 Å². The Morgan fingerprint density at radius 1 is 1.52 bits per heavy atom. The van der Waals surface area contributed by atoms with Crippen LogP contribution in [0.1, 0.15) is 18.9 Å². The molecule has 1 atom stereocenters. The van der Waals surface area contributed by atoms with Crippen molar-refractivity contribution in [3.05, 3.63) is 33.9 Å². The molecule has 2 N–H and O–H groups in total. The molecule has 0 saturated heterocycles. The number of carbonyl (C=O) groups excluding carboxylic acids is 1. The van der Waals surface area contributed by atoms with Crippen LogP contribution in [0.25, 0.3) is 0 Å². The Morgan fingerprint density at radius 3 is 2.76 bits per heavy atom. The average molecular weight is 295 g/mol. The third-order valence-corrected chi connectivity index (χ3v) is 3.48. The number of amides is 1. The molecule has 0 fully saturated rings. The van der Waals surface area contributed by atoms with Gasteiger partial charge in [0.2, 0.25) is 5.91 Å². The number of nitrogens with zero attached hydrogens (tertiary/aromatic N) is 2. The number of likely N-dealkylation sites (N-methyl/N-ethyl adjacent to an activating group) is 1. The minimum atomic E-state index is -0.471. The Balaban J connectivity index is 2.64. The molecule has 0 spiro atoms. The Morgan fingerprint density at radius 2 is 2.19 bits per heavy atom. The molecule has 1 unspecified atom stereocenters. The quantitative estimate of drug-likeness (QED) is 0.587. The maximum atomic E-state index is 11.9. The van der Waals surface area contributed by atoms with E-state index < -0.39 is 4.92 Å². The summed E-state index contributed by atoms with van der Waals surface area (Å²) in [6.45, 7) is 4.00. The molecule has 0 aromatic heterocycles. The van der Waals surface area contributed by atoms with Crippen LogP contribution in [0.5, 0.6) is 0 Å². The van der Waals surface area contributed by atoms with Gasteiger partial charge in [0.25, 0.3) is 5.69 Å². The lowest BCUT2D eigenvalue weighted by Crippen LogP contribution is -2.34. The zero-order chi connectivity index (χ0) is 16.0. The highest BCUT2D eigenvalue weighted by Gasteiger charge is 2.15. The van der Waals surface area contributed by atoms with Crippen molar-refractivity contribution < 1.29 is 14.8 Å². The highest BCUT2D eigenvalue weighted by atomic mass is 16.6. The molecule has 0 aliphatic heterocycles. The van der Waals surface area contributed by atoms with E-state index in [1.807, 2.05) is 18.9 Å². The topological polar surface area (TPSA) is 95.7 Å². The summed E-state index contributed by atoms with van der Waals surface area (Å²) in [6, 6.07) is 4.57. The second kappa shape index (κ2) is 7.70. The second-order valence-corrected chi connectivity index (χ2v) is 5.02. The van der Waals surface area contributed by atoms with E-state index in [1.165, 1.54) is 6.07 Å². The standard InChI is InChI=1S/C14H21N3O4/c1-10(9-18)16(3)8-7-14(19)15-12-5-4-6-13(11(12)2)17(20)21/h4-6,10,18H,7-9H2,1-3H3,(H,15,19). The van der Waals surface area contributed by atoms with Crippen molar-refractivity contribution in [3.8, 4) is 0 Å². The number of rotatable bonds is 7. The van der Waals surface area contributed by atoms with Crippen LogP contribution in [-0.4, -0.2) is 47.1 Å². The third kappa shape index (κ3) is 4.80. The number of anilines is 1. The summed E-state index contributed by atoms with van der Waals surface area (Å²) in [5.41, 5.74) is 0.874. The van der Waals surface area contributed by atoms with Gasteiger partial charge < -0.3 is 15.3 Å². The molecule has 0 saturated carbocycles. The van der Waals surface area contributed by atoms with Gasteiger partial charge >= 0.3 is 0 Å². The maximum Gasteiger partial charge on any atom is 0.274 e. The normalized spacial score (nSPS) is 12.2. The molecule has 0 aliphatic rings. The summed E-state index contributed by atoms with van der Waals surface area (Å²) in [6.07, 6.45) is 0.253. The van der Waals surface area contributed by atoms with Crippen molar-refractivity contribution in [3.63, 3.8) is 0 Å². The van der Waals surface area contributed by atoms with Crippen LogP contribution < -0.4 is 5.32 Å². The van der Waals surface area contributed by atoms with Gasteiger partial charge in [-0.25, -0.2) is 0 Å². The monoisotopic (exact) mass is 295 g/mol. The van der Waals surface area contributed by atoms with Crippen molar-refractivity contribution in [1.29, 1.82) is 0 Å². The van der Waals surface area contributed by atoms with Crippen molar-refractivity contribution in [2.24, 2.45) is 0 Å². The van der Waals surface area contributed by atoms with Gasteiger partial charge in [0, 0.05) is 25.1 Å². The summed E-state index contributed by atoms with van der Waals surface area (Å²) in [4.78, 5) is 24.1. The average Bonchev–Trinajstić information content (AvgIpc) is 2.45. The number of aliphatic hydroxyl groups is 1. The van der Waals surface area contributed by atoms with E-state index in [0.717, 1.165) is 0 Å². The third-order valence-electron chi connectivity index (χ3n) is 3.48. The molecule has 0 aliphatic carbocycles. The molecule has 0 radical (unpaired) electrons. The number of hydrogen-bond donors (Lipinski definition) is 2. The molecule has 1 amide bonds. The molecular weight excluding hydrogens is 274 g/mol. The number of nitro groups is 1. The largest absolute Gasteiger partial charge is 0.395 e. The fraction of sp³-hybridized carbons (Fsp3) is 0.500. The van der Waals surface area contributed by atoms with Gasteiger partial charge in [-0.1, -0.05) is 6.07 Å². The van der Waals surface area contributed by atoms with E-state index in [0.29, 0.717) is 17.8 Å². The summed E-state index contributed by atoms with van der Waals surface area (Å²) in [5, 5.41) is 22.5. The van der Waals surface area contributed by atoms with Crippen LogP contribution in [0.3, 0.4) is 0 Å². The zero-order valence-electron chi connectivity index (χ0n) is 12.5. The van der Waals surface area contributed by atoms with E-state index in [2.05, 4.69) is 5.32 Å². The van der Waals surface area contributed by atoms with Gasteiger partial charge in [-0.2, -0.15) is 0 Å². The Labute approximate surface area is 123 Å². The van der Waals surface area contributed by atoms with Gasteiger partial charge in [-0.15, -0.1) is 0 Å². The molecule has 21 heavy (non-hydrogen) atoms. The van der Waals surface area contributed by atoms with Crippen molar-refractivity contribution in [2.45, 2.75) is 26.3 Å². The summed E-state index contributed by atoms with van der Waals surface area (Å²) in [5.74, 6) is -0.212. The summed E-state index contributed by atoms with van der Waals surface area (Å²) in [7, 11) is 1.83. The Bertz CT molecular complexity index is 519. The van der Waals surface area contributed by atoms with Crippen molar-refractivity contribution >= 4 is 17.3 Å². The Kier molecular flexibility index (Phi) is 6.26. The highest BCUT2D eigenvalue weighted by molar-refractivity contribution is 5.92. The molecule has 0 bridgehead atoms. The second-order valence-electron chi connectivity index (χ2n) is 5.02. The lowest BCUT2D eigenvalue weighted by atomic mass is 10.1. The molecule has 7 heteroatoms. The first-order valence-corrected chi connectivity index (χ1v) is 6.71. The predicted molar refractivity (Wildman–Crippen MR) is 80.3 cm³/mol.